The first-order chi connectivity index (χ1) is 5.23. The van der Waals surface area contributed by atoms with Crippen LogP contribution in [0.15, 0.2) is 0 Å². The minimum atomic E-state index is -0.318. The summed E-state index contributed by atoms with van der Waals surface area (Å²) in [5.41, 5.74) is -0.318. The van der Waals surface area contributed by atoms with E-state index in [9.17, 15) is 9.59 Å². The minimum Gasteiger partial charge on any atom is -0.296 e. The highest BCUT2D eigenvalue weighted by Crippen LogP contribution is 2.41. The average Bonchev–Trinajstić information content (AvgIpc) is 2.45. The van der Waals surface area contributed by atoms with Crippen molar-refractivity contribution in [2.75, 3.05) is 11.5 Å². The van der Waals surface area contributed by atoms with Gasteiger partial charge in [0, 0.05) is 12.2 Å². The number of imide groups is 1. The second-order valence-corrected chi connectivity index (χ2v) is 4.24. The Bertz CT molecular complexity index is 220. The van der Waals surface area contributed by atoms with Gasteiger partial charge < -0.3 is 0 Å². The van der Waals surface area contributed by atoms with Crippen LogP contribution in [-0.4, -0.2) is 23.3 Å². The largest absolute Gasteiger partial charge is 0.296 e. The first kappa shape index (κ1) is 7.16. The summed E-state index contributed by atoms with van der Waals surface area (Å²) in [4.78, 5) is 22.1. The van der Waals surface area contributed by atoms with Crippen molar-refractivity contribution in [3.05, 3.63) is 0 Å². The molecule has 0 aromatic rings. The van der Waals surface area contributed by atoms with Crippen LogP contribution < -0.4 is 5.32 Å². The zero-order chi connectivity index (χ0) is 7.90. The van der Waals surface area contributed by atoms with Crippen molar-refractivity contribution in [3.8, 4) is 0 Å². The first-order valence-electron chi connectivity index (χ1n) is 3.65. The number of hydrogen-bond donors (Lipinski definition) is 1. The fourth-order valence-corrected chi connectivity index (χ4v) is 3.06. The van der Waals surface area contributed by atoms with Crippen molar-refractivity contribution in [2.45, 2.75) is 12.8 Å². The minimum absolute atomic E-state index is 0.0486. The van der Waals surface area contributed by atoms with E-state index in [1.54, 1.807) is 11.8 Å². The maximum absolute atomic E-state index is 11.3. The van der Waals surface area contributed by atoms with Crippen molar-refractivity contribution >= 4 is 23.6 Å². The lowest BCUT2D eigenvalue weighted by molar-refractivity contribution is -0.127. The monoisotopic (exact) mass is 171 g/mol. The Hall–Kier alpha value is -0.510. The molecule has 2 saturated heterocycles. The SMILES string of the molecule is O=C1CC2(CCSC2)C(=O)N1. The Labute approximate surface area is 68.9 Å². The summed E-state index contributed by atoms with van der Waals surface area (Å²) >= 11 is 1.76. The van der Waals surface area contributed by atoms with Gasteiger partial charge >= 0.3 is 0 Å². The van der Waals surface area contributed by atoms with E-state index in [0.29, 0.717) is 6.42 Å². The quantitative estimate of drug-likeness (QED) is 0.528. The van der Waals surface area contributed by atoms with Crippen LogP contribution in [0.5, 0.6) is 0 Å². The van der Waals surface area contributed by atoms with Crippen LogP contribution in [0, 0.1) is 5.41 Å². The summed E-state index contributed by atoms with van der Waals surface area (Å²) in [7, 11) is 0. The normalized spacial score (nSPS) is 36.7. The zero-order valence-corrected chi connectivity index (χ0v) is 6.87. The molecule has 0 radical (unpaired) electrons. The molecule has 1 atom stereocenters. The van der Waals surface area contributed by atoms with Gasteiger partial charge in [-0.2, -0.15) is 11.8 Å². The average molecular weight is 171 g/mol. The van der Waals surface area contributed by atoms with Gasteiger partial charge in [-0.3, -0.25) is 14.9 Å². The third-order valence-electron chi connectivity index (χ3n) is 2.34. The molecule has 3 nitrogen and oxygen atoms in total. The first-order valence-corrected chi connectivity index (χ1v) is 4.80. The summed E-state index contributed by atoms with van der Waals surface area (Å²) in [6.07, 6.45) is 1.29. The molecule has 0 aliphatic carbocycles. The van der Waals surface area contributed by atoms with Crippen molar-refractivity contribution in [3.63, 3.8) is 0 Å². The number of hydrogen-bond acceptors (Lipinski definition) is 3. The molecule has 2 aliphatic rings. The van der Waals surface area contributed by atoms with E-state index >= 15 is 0 Å². The summed E-state index contributed by atoms with van der Waals surface area (Å²) in [6.45, 7) is 0. The maximum Gasteiger partial charge on any atom is 0.234 e. The molecule has 0 aromatic heterocycles. The van der Waals surface area contributed by atoms with Crippen molar-refractivity contribution in [2.24, 2.45) is 5.41 Å². The Kier molecular flexibility index (Phi) is 1.45. The van der Waals surface area contributed by atoms with Crippen LogP contribution in [0.1, 0.15) is 12.8 Å². The number of rotatable bonds is 0. The Morgan fingerprint density at radius 2 is 2.27 bits per heavy atom. The van der Waals surface area contributed by atoms with E-state index in [1.807, 2.05) is 0 Å². The molecule has 0 saturated carbocycles. The van der Waals surface area contributed by atoms with Crippen LogP contribution in [-0.2, 0) is 9.59 Å². The Balaban J connectivity index is 2.24. The lowest BCUT2D eigenvalue weighted by atomic mass is 9.86. The lowest BCUT2D eigenvalue weighted by Crippen LogP contribution is -2.31. The second kappa shape index (κ2) is 2.24. The number of carbonyl (C=O) groups excluding carboxylic acids is 2. The summed E-state index contributed by atoms with van der Waals surface area (Å²) in [5, 5.41) is 2.36. The molecule has 2 heterocycles. The van der Waals surface area contributed by atoms with Gasteiger partial charge in [-0.15, -0.1) is 0 Å². The van der Waals surface area contributed by atoms with Gasteiger partial charge in [-0.25, -0.2) is 0 Å². The van der Waals surface area contributed by atoms with Gasteiger partial charge in [-0.1, -0.05) is 0 Å². The van der Waals surface area contributed by atoms with E-state index in [1.165, 1.54) is 0 Å². The molecule has 0 aromatic carbocycles. The van der Waals surface area contributed by atoms with E-state index in [-0.39, 0.29) is 17.2 Å². The van der Waals surface area contributed by atoms with Gasteiger partial charge in [-0.05, 0) is 12.2 Å². The van der Waals surface area contributed by atoms with E-state index < -0.39 is 0 Å². The number of nitrogens with one attached hydrogen (secondary N) is 1. The van der Waals surface area contributed by atoms with Gasteiger partial charge in [0.15, 0.2) is 0 Å². The van der Waals surface area contributed by atoms with Crippen molar-refractivity contribution < 1.29 is 9.59 Å². The molecule has 11 heavy (non-hydrogen) atoms. The molecule has 0 bridgehead atoms. The number of thioether (sulfide) groups is 1. The molecule has 1 unspecified atom stereocenters. The summed E-state index contributed by atoms with van der Waals surface area (Å²) < 4.78 is 0. The molecule has 1 spiro atoms. The molecule has 2 aliphatic heterocycles. The molecule has 1 N–H and O–H groups in total. The molecule has 2 rings (SSSR count). The zero-order valence-electron chi connectivity index (χ0n) is 6.05. The summed E-state index contributed by atoms with van der Waals surface area (Å²) in [6, 6.07) is 0. The molecular formula is C7H9NO2S. The summed E-state index contributed by atoms with van der Waals surface area (Å²) in [5.74, 6) is 1.69. The lowest BCUT2D eigenvalue weighted by Gasteiger charge is -2.14. The van der Waals surface area contributed by atoms with Crippen LogP contribution in [0.25, 0.3) is 0 Å². The molecule has 4 heteroatoms. The number of amides is 2. The third-order valence-corrected chi connectivity index (χ3v) is 3.59. The maximum atomic E-state index is 11.3. The topological polar surface area (TPSA) is 46.2 Å². The molecular weight excluding hydrogens is 162 g/mol. The van der Waals surface area contributed by atoms with Gasteiger partial charge in [0.1, 0.15) is 0 Å². The van der Waals surface area contributed by atoms with Crippen molar-refractivity contribution in [1.82, 2.24) is 5.32 Å². The highest BCUT2D eigenvalue weighted by Gasteiger charge is 2.48. The Morgan fingerprint density at radius 1 is 1.45 bits per heavy atom. The van der Waals surface area contributed by atoms with E-state index in [2.05, 4.69) is 5.32 Å². The smallest absolute Gasteiger partial charge is 0.234 e. The fraction of sp³-hybridized carbons (Fsp3) is 0.714. The van der Waals surface area contributed by atoms with Gasteiger partial charge in [0.2, 0.25) is 11.8 Å². The van der Waals surface area contributed by atoms with Crippen molar-refractivity contribution in [1.29, 1.82) is 0 Å². The highest BCUT2D eigenvalue weighted by atomic mass is 32.2. The molecule has 2 fully saturated rings. The van der Waals surface area contributed by atoms with Crippen LogP contribution in [0.4, 0.5) is 0 Å². The second-order valence-electron chi connectivity index (χ2n) is 3.14. The predicted octanol–water partition coefficient (Wildman–Crippen LogP) is 0.156. The van der Waals surface area contributed by atoms with Crippen LogP contribution in [0.3, 0.4) is 0 Å². The van der Waals surface area contributed by atoms with Gasteiger partial charge in [0.25, 0.3) is 0 Å². The van der Waals surface area contributed by atoms with Gasteiger partial charge in [0.05, 0.1) is 5.41 Å². The van der Waals surface area contributed by atoms with E-state index in [4.69, 9.17) is 0 Å². The predicted molar refractivity (Wildman–Crippen MR) is 42.1 cm³/mol. The Morgan fingerprint density at radius 3 is 2.73 bits per heavy atom. The van der Waals surface area contributed by atoms with Crippen LogP contribution >= 0.6 is 11.8 Å². The molecule has 60 valence electrons. The van der Waals surface area contributed by atoms with E-state index in [0.717, 1.165) is 17.9 Å². The number of carbonyl (C=O) groups is 2. The molecule has 2 amide bonds. The highest BCUT2D eigenvalue weighted by molar-refractivity contribution is 7.99. The third kappa shape index (κ3) is 0.965. The standard InChI is InChI=1S/C7H9NO2S/c9-5-3-7(6(10)8-5)1-2-11-4-7/h1-4H2,(H,8,9,10). The fourth-order valence-electron chi connectivity index (χ4n) is 1.62. The van der Waals surface area contributed by atoms with Crippen LogP contribution in [0.2, 0.25) is 0 Å².